The van der Waals surface area contributed by atoms with Gasteiger partial charge >= 0.3 is 6.09 Å². The summed E-state index contributed by atoms with van der Waals surface area (Å²) in [5.74, 6) is 0. The summed E-state index contributed by atoms with van der Waals surface area (Å²) in [6.07, 6.45) is 0.430. The molecule has 9 heteroatoms. The second-order valence-electron chi connectivity index (χ2n) is 7.24. The first kappa shape index (κ1) is 19.6. The van der Waals surface area contributed by atoms with Gasteiger partial charge in [0.05, 0.1) is 6.61 Å². The van der Waals surface area contributed by atoms with Crippen molar-refractivity contribution in [1.29, 1.82) is 0 Å². The number of ether oxygens (including phenoxy) is 2. The molecule has 0 spiro atoms. The van der Waals surface area contributed by atoms with Gasteiger partial charge < -0.3 is 9.47 Å². The minimum atomic E-state index is -4.39. The van der Waals surface area contributed by atoms with Crippen LogP contribution in [0.5, 0.6) is 0 Å². The molecule has 1 amide bonds. The highest BCUT2D eigenvalue weighted by Crippen LogP contribution is 2.34. The van der Waals surface area contributed by atoms with E-state index in [4.69, 9.17) is 9.47 Å². The SMILES string of the molecule is CC(C)(C)OC(=O)N1[C@H]([C@@H](F)S(=O)(=O)c2ccccn2)COC1(C)C. The number of carbonyl (C=O) groups is 1. The van der Waals surface area contributed by atoms with Gasteiger partial charge in [0.2, 0.25) is 15.3 Å². The Morgan fingerprint density at radius 2 is 2.08 bits per heavy atom. The van der Waals surface area contributed by atoms with Gasteiger partial charge in [0.25, 0.3) is 0 Å². The van der Waals surface area contributed by atoms with Crippen LogP contribution in [0.2, 0.25) is 0 Å². The van der Waals surface area contributed by atoms with Gasteiger partial charge in [-0.1, -0.05) is 6.07 Å². The summed E-state index contributed by atoms with van der Waals surface area (Å²) >= 11 is 0. The van der Waals surface area contributed by atoms with Crippen molar-refractivity contribution < 1.29 is 27.1 Å². The zero-order valence-electron chi connectivity index (χ0n) is 14.9. The highest BCUT2D eigenvalue weighted by molar-refractivity contribution is 7.91. The smallest absolute Gasteiger partial charge is 0.413 e. The fourth-order valence-corrected chi connectivity index (χ4v) is 3.85. The molecule has 0 unspecified atom stereocenters. The van der Waals surface area contributed by atoms with Crippen molar-refractivity contribution >= 4 is 15.9 Å². The van der Waals surface area contributed by atoms with E-state index in [0.717, 1.165) is 4.90 Å². The molecule has 0 N–H and O–H groups in total. The Bertz CT molecular complexity index is 731. The van der Waals surface area contributed by atoms with Crippen LogP contribution in [-0.4, -0.2) is 53.9 Å². The van der Waals surface area contributed by atoms with Crippen LogP contribution in [0.3, 0.4) is 0 Å². The number of hydrogen-bond acceptors (Lipinski definition) is 6. The highest BCUT2D eigenvalue weighted by Gasteiger charge is 2.52. The summed E-state index contributed by atoms with van der Waals surface area (Å²) in [5, 5.41) is -0.392. The van der Waals surface area contributed by atoms with Crippen molar-refractivity contribution in [2.24, 2.45) is 0 Å². The molecule has 7 nitrogen and oxygen atoms in total. The number of amides is 1. The Hall–Kier alpha value is -1.74. The summed E-state index contributed by atoms with van der Waals surface area (Å²) in [5.41, 5.74) is -4.40. The molecule has 1 aliphatic rings. The average molecular weight is 374 g/mol. The zero-order chi connectivity index (χ0) is 19.0. The molecule has 0 radical (unpaired) electrons. The summed E-state index contributed by atoms with van der Waals surface area (Å²) < 4.78 is 50.8. The minimum absolute atomic E-state index is 0.264. The van der Waals surface area contributed by atoms with E-state index in [1.165, 1.54) is 24.4 Å². The number of halogens is 1. The van der Waals surface area contributed by atoms with E-state index in [2.05, 4.69) is 4.98 Å². The van der Waals surface area contributed by atoms with Gasteiger partial charge in [-0.15, -0.1) is 0 Å². The van der Waals surface area contributed by atoms with E-state index >= 15 is 4.39 Å². The third kappa shape index (κ3) is 4.09. The highest BCUT2D eigenvalue weighted by atomic mass is 32.2. The van der Waals surface area contributed by atoms with E-state index in [9.17, 15) is 13.2 Å². The molecule has 0 aromatic carbocycles. The molecule has 0 aliphatic carbocycles. The molecule has 1 aliphatic heterocycles. The van der Waals surface area contributed by atoms with Gasteiger partial charge in [-0.2, -0.15) is 0 Å². The van der Waals surface area contributed by atoms with Crippen LogP contribution in [0.15, 0.2) is 29.4 Å². The predicted molar refractivity (Wildman–Crippen MR) is 88.2 cm³/mol. The van der Waals surface area contributed by atoms with Crippen LogP contribution in [0, 0.1) is 0 Å². The van der Waals surface area contributed by atoms with E-state index < -0.39 is 43.8 Å². The van der Waals surface area contributed by atoms with Crippen LogP contribution < -0.4 is 0 Å². The van der Waals surface area contributed by atoms with Crippen LogP contribution in [0.1, 0.15) is 34.6 Å². The fourth-order valence-electron chi connectivity index (χ4n) is 2.53. The van der Waals surface area contributed by atoms with E-state index in [1.807, 2.05) is 0 Å². The number of rotatable bonds is 3. The molecule has 0 bridgehead atoms. The predicted octanol–water partition coefficient (Wildman–Crippen LogP) is 2.52. The Balaban J connectivity index is 2.34. The van der Waals surface area contributed by atoms with Crippen molar-refractivity contribution in [2.75, 3.05) is 6.61 Å². The van der Waals surface area contributed by atoms with Crippen LogP contribution in [0.4, 0.5) is 9.18 Å². The third-order valence-electron chi connectivity index (χ3n) is 3.64. The van der Waals surface area contributed by atoms with Gasteiger partial charge in [0.1, 0.15) is 17.4 Å². The van der Waals surface area contributed by atoms with Crippen molar-refractivity contribution in [1.82, 2.24) is 9.88 Å². The molecule has 2 atom stereocenters. The Labute approximate surface area is 147 Å². The average Bonchev–Trinajstić information content (AvgIpc) is 2.81. The Morgan fingerprint density at radius 3 is 2.60 bits per heavy atom. The largest absolute Gasteiger partial charge is 0.444 e. The minimum Gasteiger partial charge on any atom is -0.444 e. The van der Waals surface area contributed by atoms with Crippen molar-refractivity contribution in [3.05, 3.63) is 24.4 Å². The summed E-state index contributed by atoms with van der Waals surface area (Å²) in [6, 6.07) is 2.85. The van der Waals surface area contributed by atoms with Gasteiger partial charge in [0, 0.05) is 6.20 Å². The van der Waals surface area contributed by atoms with E-state index in [0.29, 0.717) is 0 Å². The maximum Gasteiger partial charge on any atom is 0.413 e. The number of sulfone groups is 1. The molecule has 25 heavy (non-hydrogen) atoms. The summed E-state index contributed by atoms with van der Waals surface area (Å²) in [6.45, 7) is 7.84. The lowest BCUT2D eigenvalue weighted by Crippen LogP contribution is -2.53. The van der Waals surface area contributed by atoms with Crippen molar-refractivity contribution in [2.45, 2.75) is 62.5 Å². The molecule has 1 aromatic rings. The molecule has 1 saturated heterocycles. The van der Waals surface area contributed by atoms with Gasteiger partial charge in [-0.05, 0) is 46.8 Å². The number of carbonyl (C=O) groups excluding carboxylic acids is 1. The monoisotopic (exact) mass is 374 g/mol. The quantitative estimate of drug-likeness (QED) is 0.808. The van der Waals surface area contributed by atoms with Crippen LogP contribution in [0.25, 0.3) is 0 Å². The molecule has 0 saturated carbocycles. The number of nitrogens with zero attached hydrogens (tertiary/aromatic N) is 2. The molecule has 1 fully saturated rings. The van der Waals surface area contributed by atoms with Crippen molar-refractivity contribution in [3.8, 4) is 0 Å². The Kier molecular flexibility index (Phi) is 5.11. The number of hydrogen-bond donors (Lipinski definition) is 0. The standard InChI is InChI=1S/C16H23FN2O5S/c1-15(2,3)24-14(20)19-11(10-23-16(19,4)5)13(17)25(21,22)12-8-6-7-9-18-12/h6-9,11,13H,10H2,1-5H3/t11-,13-/m0/s1. The van der Waals surface area contributed by atoms with Crippen molar-refractivity contribution in [3.63, 3.8) is 0 Å². The van der Waals surface area contributed by atoms with Gasteiger partial charge in [-0.25, -0.2) is 22.6 Å². The number of aromatic nitrogens is 1. The number of pyridine rings is 1. The van der Waals surface area contributed by atoms with E-state index in [-0.39, 0.29) is 6.61 Å². The molecule has 2 heterocycles. The summed E-state index contributed by atoms with van der Waals surface area (Å²) in [7, 11) is -4.39. The normalized spacial score (nSPS) is 21.8. The first-order chi connectivity index (χ1) is 11.4. The lowest BCUT2D eigenvalue weighted by molar-refractivity contribution is -0.0637. The van der Waals surface area contributed by atoms with E-state index in [1.54, 1.807) is 34.6 Å². The van der Waals surface area contributed by atoms with Gasteiger partial charge in [-0.3, -0.25) is 4.90 Å². The second-order valence-corrected chi connectivity index (χ2v) is 9.20. The maximum atomic E-state index is 15.0. The molecule has 1 aromatic heterocycles. The Morgan fingerprint density at radius 1 is 1.44 bits per heavy atom. The molecule has 2 rings (SSSR count). The topological polar surface area (TPSA) is 85.8 Å². The summed E-state index contributed by atoms with van der Waals surface area (Å²) in [4.78, 5) is 17.2. The zero-order valence-corrected chi connectivity index (χ0v) is 15.7. The molecular formula is C16H23FN2O5S. The lowest BCUT2D eigenvalue weighted by atomic mass is 10.2. The van der Waals surface area contributed by atoms with Crippen LogP contribution >= 0.6 is 0 Å². The fraction of sp³-hybridized carbons (Fsp3) is 0.625. The third-order valence-corrected chi connectivity index (χ3v) is 5.37. The first-order valence-electron chi connectivity index (χ1n) is 7.81. The van der Waals surface area contributed by atoms with Crippen LogP contribution in [-0.2, 0) is 19.3 Å². The lowest BCUT2D eigenvalue weighted by Gasteiger charge is -2.35. The maximum absolute atomic E-state index is 15.0. The second kappa shape index (κ2) is 6.53. The molecule has 140 valence electrons. The first-order valence-corrected chi connectivity index (χ1v) is 9.36. The number of alkyl halides is 1. The van der Waals surface area contributed by atoms with Gasteiger partial charge in [0.15, 0.2) is 5.03 Å². The molecular weight excluding hydrogens is 351 g/mol.